The van der Waals surface area contributed by atoms with E-state index in [-0.39, 0.29) is 24.4 Å². The highest BCUT2D eigenvalue weighted by Crippen LogP contribution is 2.24. The Kier molecular flexibility index (Phi) is 5.03. The first-order valence-corrected chi connectivity index (χ1v) is 7.29. The number of nitrogens with one attached hydrogen (secondary N) is 1. The smallest absolute Gasteiger partial charge is 0.258 e. The molecular weight excluding hydrogens is 304 g/mol. The maximum Gasteiger partial charge on any atom is 0.258 e. The summed E-state index contributed by atoms with van der Waals surface area (Å²) in [6.45, 7) is 5.61. The van der Waals surface area contributed by atoms with Crippen LogP contribution in [0, 0.1) is 13.8 Å². The van der Waals surface area contributed by atoms with E-state index in [2.05, 4.69) is 15.5 Å². The molecule has 2 aromatic rings. The monoisotopic (exact) mass is 324 g/mol. The van der Waals surface area contributed by atoms with Crippen molar-refractivity contribution in [1.29, 1.82) is 0 Å². The summed E-state index contributed by atoms with van der Waals surface area (Å²) in [6, 6.07) is 2.11. The Labute approximate surface area is 135 Å². The normalized spacial score (nSPS) is 15.6. The van der Waals surface area contributed by atoms with E-state index in [1.165, 1.54) is 0 Å². The van der Waals surface area contributed by atoms with E-state index < -0.39 is 0 Å². The van der Waals surface area contributed by atoms with Crippen LogP contribution in [0.3, 0.4) is 0 Å². The molecule has 0 bridgehead atoms. The van der Waals surface area contributed by atoms with Gasteiger partial charge in [-0.1, -0.05) is 5.16 Å². The average Bonchev–Trinajstić information content (AvgIpc) is 2.87. The predicted octanol–water partition coefficient (Wildman–Crippen LogP) is 2.09. The molecule has 1 saturated heterocycles. The molecule has 6 nitrogen and oxygen atoms in total. The van der Waals surface area contributed by atoms with Crippen molar-refractivity contribution >= 4 is 29.4 Å². The van der Waals surface area contributed by atoms with Crippen LogP contribution in [0.4, 0.5) is 0 Å². The van der Waals surface area contributed by atoms with E-state index in [0.717, 1.165) is 37.0 Å². The molecule has 1 N–H and O–H groups in total. The van der Waals surface area contributed by atoms with Gasteiger partial charge in [-0.05, 0) is 45.8 Å². The molecule has 2 aromatic heterocycles. The van der Waals surface area contributed by atoms with E-state index in [1.807, 2.05) is 31.9 Å². The summed E-state index contributed by atoms with van der Waals surface area (Å²) in [5.41, 5.74) is 2.55. The van der Waals surface area contributed by atoms with Crippen LogP contribution in [0.1, 0.15) is 34.6 Å². The molecule has 1 aliphatic rings. The molecule has 120 valence electrons. The van der Waals surface area contributed by atoms with Crippen molar-refractivity contribution in [3.05, 3.63) is 23.0 Å². The molecule has 0 radical (unpaired) electrons. The molecular formula is C15H21ClN4O2. The number of carbonyl (C=O) groups is 1. The number of piperidine rings is 1. The van der Waals surface area contributed by atoms with E-state index >= 15 is 0 Å². The Bertz CT molecular complexity index is 679. The first-order valence-electron chi connectivity index (χ1n) is 7.29. The lowest BCUT2D eigenvalue weighted by Gasteiger charge is -2.31. The second kappa shape index (κ2) is 6.62. The zero-order valence-corrected chi connectivity index (χ0v) is 13.9. The van der Waals surface area contributed by atoms with Gasteiger partial charge < -0.3 is 14.7 Å². The van der Waals surface area contributed by atoms with Crippen LogP contribution in [-0.4, -0.2) is 47.1 Å². The predicted molar refractivity (Wildman–Crippen MR) is 86.5 cm³/mol. The van der Waals surface area contributed by atoms with Crippen LogP contribution < -0.4 is 5.32 Å². The summed E-state index contributed by atoms with van der Waals surface area (Å²) >= 11 is 0. The number of aryl methyl sites for hydroxylation is 2. The summed E-state index contributed by atoms with van der Waals surface area (Å²) < 4.78 is 5.20. The molecule has 7 heteroatoms. The number of hydrogen-bond acceptors (Lipinski definition) is 5. The zero-order valence-electron chi connectivity index (χ0n) is 13.0. The van der Waals surface area contributed by atoms with Crippen LogP contribution in [0.15, 0.2) is 10.6 Å². The maximum atomic E-state index is 12.9. The fraction of sp³-hybridized carbons (Fsp3) is 0.533. The Morgan fingerprint density at radius 3 is 2.73 bits per heavy atom. The lowest BCUT2D eigenvalue weighted by atomic mass is 10.0. The SMILES string of the molecule is Cc1cc(C(=O)N(C)C2CCNCC2)c2c(C)noc2n1.Cl. The highest BCUT2D eigenvalue weighted by Gasteiger charge is 2.26. The van der Waals surface area contributed by atoms with Gasteiger partial charge in [0.25, 0.3) is 11.6 Å². The summed E-state index contributed by atoms with van der Waals surface area (Å²) in [5, 5.41) is 7.98. The van der Waals surface area contributed by atoms with Gasteiger partial charge in [0, 0.05) is 18.8 Å². The molecule has 0 atom stereocenters. The summed E-state index contributed by atoms with van der Waals surface area (Å²) in [6.07, 6.45) is 1.97. The standard InChI is InChI=1S/C15H20N4O2.ClH/c1-9-8-12(13-10(2)18-21-14(13)17-9)15(20)19(3)11-4-6-16-7-5-11;/h8,11,16H,4-7H2,1-3H3;1H. The number of carbonyl (C=O) groups excluding carboxylic acids is 1. The highest BCUT2D eigenvalue weighted by atomic mass is 35.5. The number of pyridine rings is 1. The number of halogens is 1. The van der Waals surface area contributed by atoms with Gasteiger partial charge in [0.15, 0.2) is 0 Å². The number of rotatable bonds is 2. The number of hydrogen-bond donors (Lipinski definition) is 1. The Morgan fingerprint density at radius 1 is 1.36 bits per heavy atom. The lowest BCUT2D eigenvalue weighted by Crippen LogP contribution is -2.44. The Hall–Kier alpha value is -1.66. The number of amides is 1. The fourth-order valence-corrected chi connectivity index (χ4v) is 2.94. The minimum atomic E-state index is 0. The highest BCUT2D eigenvalue weighted by molar-refractivity contribution is 6.06. The van der Waals surface area contributed by atoms with Gasteiger partial charge in [-0.15, -0.1) is 12.4 Å². The summed E-state index contributed by atoms with van der Waals surface area (Å²) in [7, 11) is 1.88. The molecule has 0 spiro atoms. The molecule has 1 aliphatic heterocycles. The first-order chi connectivity index (χ1) is 10.1. The second-order valence-corrected chi connectivity index (χ2v) is 5.66. The molecule has 3 rings (SSSR count). The van der Waals surface area contributed by atoms with Crippen molar-refractivity contribution in [3.8, 4) is 0 Å². The molecule has 22 heavy (non-hydrogen) atoms. The first kappa shape index (κ1) is 16.7. The molecule has 0 unspecified atom stereocenters. The van der Waals surface area contributed by atoms with Crippen LogP contribution in [0.2, 0.25) is 0 Å². The largest absolute Gasteiger partial charge is 0.339 e. The van der Waals surface area contributed by atoms with Gasteiger partial charge in [-0.3, -0.25) is 4.79 Å². The Morgan fingerprint density at radius 2 is 2.05 bits per heavy atom. The van der Waals surface area contributed by atoms with Crippen LogP contribution in [-0.2, 0) is 0 Å². The van der Waals surface area contributed by atoms with Crippen LogP contribution in [0.5, 0.6) is 0 Å². The third-order valence-electron chi connectivity index (χ3n) is 4.15. The van der Waals surface area contributed by atoms with E-state index in [1.54, 1.807) is 0 Å². The van der Waals surface area contributed by atoms with Gasteiger partial charge in [0.05, 0.1) is 16.6 Å². The minimum absolute atomic E-state index is 0. The third-order valence-corrected chi connectivity index (χ3v) is 4.15. The third kappa shape index (κ3) is 2.94. The topological polar surface area (TPSA) is 71.3 Å². The van der Waals surface area contributed by atoms with Gasteiger partial charge in [-0.25, -0.2) is 4.98 Å². The summed E-state index contributed by atoms with van der Waals surface area (Å²) in [4.78, 5) is 19.0. The maximum absolute atomic E-state index is 12.9. The van der Waals surface area contributed by atoms with Gasteiger partial charge in [-0.2, -0.15) is 0 Å². The number of nitrogens with zero attached hydrogens (tertiary/aromatic N) is 3. The fourth-order valence-electron chi connectivity index (χ4n) is 2.94. The molecule has 0 aliphatic carbocycles. The average molecular weight is 325 g/mol. The molecule has 0 aromatic carbocycles. The van der Waals surface area contributed by atoms with E-state index in [4.69, 9.17) is 4.52 Å². The van der Waals surface area contributed by atoms with Crippen molar-refractivity contribution in [3.63, 3.8) is 0 Å². The van der Waals surface area contributed by atoms with Gasteiger partial charge in [0.1, 0.15) is 0 Å². The minimum Gasteiger partial charge on any atom is -0.339 e. The van der Waals surface area contributed by atoms with Crippen molar-refractivity contribution in [2.45, 2.75) is 32.7 Å². The van der Waals surface area contributed by atoms with Crippen LogP contribution >= 0.6 is 12.4 Å². The van der Waals surface area contributed by atoms with Crippen molar-refractivity contribution < 1.29 is 9.32 Å². The number of aromatic nitrogens is 2. The summed E-state index contributed by atoms with van der Waals surface area (Å²) in [5.74, 6) is 0.0173. The lowest BCUT2D eigenvalue weighted by molar-refractivity contribution is 0.0705. The van der Waals surface area contributed by atoms with E-state index in [0.29, 0.717) is 17.0 Å². The van der Waals surface area contributed by atoms with Crippen molar-refractivity contribution in [2.24, 2.45) is 0 Å². The Balaban J connectivity index is 0.00000176. The second-order valence-electron chi connectivity index (χ2n) is 5.66. The van der Waals surface area contributed by atoms with Gasteiger partial charge in [0.2, 0.25) is 0 Å². The van der Waals surface area contributed by atoms with Crippen molar-refractivity contribution in [2.75, 3.05) is 20.1 Å². The van der Waals surface area contributed by atoms with Gasteiger partial charge >= 0.3 is 0 Å². The molecule has 1 fully saturated rings. The van der Waals surface area contributed by atoms with Crippen LogP contribution in [0.25, 0.3) is 11.1 Å². The van der Waals surface area contributed by atoms with Crippen molar-refractivity contribution in [1.82, 2.24) is 20.4 Å². The van der Waals surface area contributed by atoms with E-state index in [9.17, 15) is 4.79 Å². The number of fused-ring (bicyclic) bond motifs is 1. The quantitative estimate of drug-likeness (QED) is 0.915. The zero-order chi connectivity index (χ0) is 15.0. The molecule has 0 saturated carbocycles. The molecule has 1 amide bonds. The molecule has 3 heterocycles.